The molecule has 1 atom stereocenters. The topological polar surface area (TPSA) is 65.3 Å². The van der Waals surface area contributed by atoms with Crippen molar-refractivity contribution in [3.05, 3.63) is 29.3 Å². The van der Waals surface area contributed by atoms with E-state index in [0.717, 1.165) is 12.0 Å². The Labute approximate surface area is 121 Å². The van der Waals surface area contributed by atoms with Gasteiger partial charge in [0.05, 0.1) is 18.3 Å². The summed E-state index contributed by atoms with van der Waals surface area (Å²) in [6, 6.07) is 7.64. The molecule has 20 heavy (non-hydrogen) atoms. The molecule has 1 rings (SSSR count). The zero-order valence-corrected chi connectivity index (χ0v) is 12.7. The molecule has 0 amide bonds. The molecule has 0 spiro atoms. The van der Waals surface area contributed by atoms with Gasteiger partial charge in [0.2, 0.25) is 0 Å². The van der Waals surface area contributed by atoms with Gasteiger partial charge in [-0.05, 0) is 37.0 Å². The Bertz CT molecular complexity index is 476. The molecule has 0 aliphatic carbocycles. The number of benzene rings is 1. The van der Waals surface area contributed by atoms with E-state index in [2.05, 4.69) is 25.2 Å². The van der Waals surface area contributed by atoms with Gasteiger partial charge in [-0.15, -0.1) is 0 Å². The smallest absolute Gasteiger partial charge is 0.136 e. The summed E-state index contributed by atoms with van der Waals surface area (Å²) in [6.45, 7) is 7.18. The summed E-state index contributed by atoms with van der Waals surface area (Å²) in [4.78, 5) is 0. The molecule has 0 saturated heterocycles. The maximum Gasteiger partial charge on any atom is 0.136 e. The van der Waals surface area contributed by atoms with Crippen molar-refractivity contribution in [2.24, 2.45) is 5.92 Å². The molecule has 0 aromatic heterocycles. The van der Waals surface area contributed by atoms with Crippen LogP contribution in [0.15, 0.2) is 18.2 Å². The van der Waals surface area contributed by atoms with Gasteiger partial charge in [0.1, 0.15) is 11.8 Å². The molecule has 2 N–H and O–H groups in total. The molecule has 1 unspecified atom stereocenters. The maximum absolute atomic E-state index is 10.2. The minimum atomic E-state index is -0.710. The summed E-state index contributed by atoms with van der Waals surface area (Å²) in [5.74, 6) is 1.04. The molecule has 1 aromatic rings. The summed E-state index contributed by atoms with van der Waals surface area (Å²) in [5, 5.41) is 22.5. The van der Waals surface area contributed by atoms with Gasteiger partial charge in [-0.25, -0.2) is 0 Å². The van der Waals surface area contributed by atoms with Crippen LogP contribution in [0.25, 0.3) is 0 Å². The van der Waals surface area contributed by atoms with Gasteiger partial charge in [0.15, 0.2) is 0 Å². The Morgan fingerprint density at radius 2 is 2.15 bits per heavy atom. The number of ether oxygens (including phenoxy) is 1. The van der Waals surface area contributed by atoms with Crippen molar-refractivity contribution in [1.82, 2.24) is 5.32 Å². The van der Waals surface area contributed by atoms with Gasteiger partial charge < -0.3 is 15.2 Å². The lowest BCUT2D eigenvalue weighted by molar-refractivity contribution is 0.0383. The second kappa shape index (κ2) is 7.28. The van der Waals surface area contributed by atoms with Crippen LogP contribution in [0.1, 0.15) is 38.3 Å². The molecule has 0 aliphatic rings. The number of aliphatic hydroxyl groups is 1. The van der Waals surface area contributed by atoms with Crippen molar-refractivity contribution in [3.8, 4) is 11.8 Å². The van der Waals surface area contributed by atoms with E-state index in [0.29, 0.717) is 30.3 Å². The molecule has 0 fully saturated rings. The van der Waals surface area contributed by atoms with Gasteiger partial charge in [-0.1, -0.05) is 19.9 Å². The third-order valence-corrected chi connectivity index (χ3v) is 3.07. The lowest BCUT2D eigenvalue weighted by atomic mass is 9.94. The molecule has 4 heteroatoms. The molecular weight excluding hydrogens is 252 g/mol. The van der Waals surface area contributed by atoms with Crippen LogP contribution < -0.4 is 10.1 Å². The van der Waals surface area contributed by atoms with E-state index in [-0.39, 0.29) is 0 Å². The van der Waals surface area contributed by atoms with Crippen molar-refractivity contribution in [2.45, 2.75) is 39.3 Å². The second-order valence-corrected chi connectivity index (χ2v) is 5.84. The monoisotopic (exact) mass is 276 g/mol. The summed E-state index contributed by atoms with van der Waals surface area (Å²) in [6.07, 6.45) is 0.756. The number of hydrogen-bond donors (Lipinski definition) is 2. The highest BCUT2D eigenvalue weighted by molar-refractivity contribution is 5.45. The van der Waals surface area contributed by atoms with E-state index in [9.17, 15) is 5.11 Å². The Balaban J connectivity index is 2.57. The number of hydrogen-bond acceptors (Lipinski definition) is 4. The molecule has 110 valence electrons. The van der Waals surface area contributed by atoms with Crippen molar-refractivity contribution >= 4 is 0 Å². The van der Waals surface area contributed by atoms with E-state index in [1.165, 1.54) is 0 Å². The van der Waals surface area contributed by atoms with Crippen molar-refractivity contribution in [1.29, 1.82) is 5.26 Å². The minimum Gasteiger partial charge on any atom is -0.495 e. The fraction of sp³-hybridized carbons (Fsp3) is 0.562. The Morgan fingerprint density at radius 3 is 2.70 bits per heavy atom. The first kappa shape index (κ1) is 16.5. The predicted octanol–water partition coefficient (Wildman–Crippen LogP) is 2.45. The van der Waals surface area contributed by atoms with Gasteiger partial charge in [0.25, 0.3) is 0 Å². The first-order chi connectivity index (χ1) is 9.38. The SMILES string of the molecule is COc1ccc(CNCC(C)(O)CC(C)C)cc1C#N. The highest BCUT2D eigenvalue weighted by atomic mass is 16.5. The van der Waals surface area contributed by atoms with Gasteiger partial charge >= 0.3 is 0 Å². The zero-order chi connectivity index (χ0) is 15.2. The van der Waals surface area contributed by atoms with Crippen LogP contribution in [-0.4, -0.2) is 24.4 Å². The van der Waals surface area contributed by atoms with E-state index in [1.54, 1.807) is 13.2 Å². The first-order valence-electron chi connectivity index (χ1n) is 6.88. The molecule has 0 aliphatic heterocycles. The largest absolute Gasteiger partial charge is 0.495 e. The van der Waals surface area contributed by atoms with Gasteiger partial charge in [-0.2, -0.15) is 5.26 Å². The van der Waals surface area contributed by atoms with Crippen LogP contribution in [0.5, 0.6) is 5.75 Å². The number of nitriles is 1. The standard InChI is InChI=1S/C16H24N2O2/c1-12(2)8-16(3,19)11-18-10-13-5-6-15(20-4)14(7-13)9-17/h5-7,12,18-19H,8,10-11H2,1-4H3. The Hall–Kier alpha value is -1.57. The van der Waals surface area contributed by atoms with E-state index >= 15 is 0 Å². The maximum atomic E-state index is 10.2. The normalized spacial score (nSPS) is 13.8. The Kier molecular flexibility index (Phi) is 6.00. The zero-order valence-electron chi connectivity index (χ0n) is 12.7. The molecule has 0 saturated carbocycles. The summed E-state index contributed by atoms with van der Waals surface area (Å²) in [7, 11) is 1.55. The van der Waals surface area contributed by atoms with Gasteiger partial charge in [-0.3, -0.25) is 0 Å². The van der Waals surface area contributed by atoms with Gasteiger partial charge in [0, 0.05) is 13.1 Å². The second-order valence-electron chi connectivity index (χ2n) is 5.84. The quantitative estimate of drug-likeness (QED) is 0.803. The first-order valence-corrected chi connectivity index (χ1v) is 6.88. The fourth-order valence-electron chi connectivity index (χ4n) is 2.38. The highest BCUT2D eigenvalue weighted by Crippen LogP contribution is 2.19. The number of methoxy groups -OCH3 is 1. The van der Waals surface area contributed by atoms with E-state index in [4.69, 9.17) is 10.00 Å². The third kappa shape index (κ3) is 5.20. The fourth-order valence-corrected chi connectivity index (χ4v) is 2.38. The van der Waals surface area contributed by atoms with Crippen LogP contribution in [0.2, 0.25) is 0 Å². The highest BCUT2D eigenvalue weighted by Gasteiger charge is 2.21. The third-order valence-electron chi connectivity index (χ3n) is 3.07. The molecule has 0 radical (unpaired) electrons. The number of nitrogens with zero attached hydrogens (tertiary/aromatic N) is 1. The Morgan fingerprint density at radius 1 is 1.45 bits per heavy atom. The predicted molar refractivity (Wildman–Crippen MR) is 79.5 cm³/mol. The number of rotatable bonds is 7. The van der Waals surface area contributed by atoms with E-state index in [1.807, 2.05) is 19.1 Å². The summed E-state index contributed by atoms with van der Waals surface area (Å²) >= 11 is 0. The van der Waals surface area contributed by atoms with E-state index < -0.39 is 5.60 Å². The minimum absolute atomic E-state index is 0.456. The lowest BCUT2D eigenvalue weighted by Crippen LogP contribution is -2.38. The summed E-state index contributed by atoms with van der Waals surface area (Å²) < 4.78 is 5.11. The van der Waals surface area contributed by atoms with Crippen molar-refractivity contribution < 1.29 is 9.84 Å². The van der Waals surface area contributed by atoms with Crippen LogP contribution in [0.3, 0.4) is 0 Å². The van der Waals surface area contributed by atoms with Crippen LogP contribution in [0, 0.1) is 17.2 Å². The average molecular weight is 276 g/mol. The molecular formula is C16H24N2O2. The molecule has 0 heterocycles. The molecule has 4 nitrogen and oxygen atoms in total. The van der Waals surface area contributed by atoms with Crippen LogP contribution in [-0.2, 0) is 6.54 Å². The number of nitrogens with one attached hydrogen (secondary N) is 1. The lowest BCUT2D eigenvalue weighted by Gasteiger charge is -2.25. The summed E-state index contributed by atoms with van der Waals surface area (Å²) in [5.41, 5.74) is 0.821. The van der Waals surface area contributed by atoms with Crippen molar-refractivity contribution in [3.63, 3.8) is 0 Å². The van der Waals surface area contributed by atoms with Crippen LogP contribution in [0.4, 0.5) is 0 Å². The molecule has 0 bridgehead atoms. The van der Waals surface area contributed by atoms with Crippen molar-refractivity contribution in [2.75, 3.05) is 13.7 Å². The van der Waals surface area contributed by atoms with Crippen LogP contribution >= 0.6 is 0 Å². The average Bonchev–Trinajstić information content (AvgIpc) is 2.36. The molecule has 1 aromatic carbocycles.